The van der Waals surface area contributed by atoms with E-state index in [1.54, 1.807) is 18.2 Å². The molecule has 0 bridgehead atoms. The highest BCUT2D eigenvalue weighted by Gasteiger charge is 2.51. The van der Waals surface area contributed by atoms with Gasteiger partial charge in [0.15, 0.2) is 0 Å². The Morgan fingerprint density at radius 2 is 2.10 bits per heavy atom. The highest BCUT2D eigenvalue weighted by molar-refractivity contribution is 8.00. The summed E-state index contributed by atoms with van der Waals surface area (Å²) in [6, 6.07) is 10.1. The van der Waals surface area contributed by atoms with Crippen molar-refractivity contribution in [1.29, 1.82) is 0 Å². The molecule has 0 spiro atoms. The van der Waals surface area contributed by atoms with Gasteiger partial charge in [0.25, 0.3) is 11.8 Å². The Morgan fingerprint density at radius 1 is 1.38 bits per heavy atom. The molecule has 1 aliphatic heterocycles. The Hall–Kier alpha value is -2.33. The van der Waals surface area contributed by atoms with Gasteiger partial charge in [0, 0.05) is 41.4 Å². The molecule has 1 heterocycles. The van der Waals surface area contributed by atoms with Crippen molar-refractivity contribution in [3.05, 3.63) is 58.9 Å². The van der Waals surface area contributed by atoms with E-state index in [1.165, 1.54) is 29.4 Å². The molecule has 2 aromatic carbocycles. The van der Waals surface area contributed by atoms with Gasteiger partial charge in [-0.05, 0) is 52.1 Å². The fraction of sp³-hybridized carbons (Fsp3) is 0.263. The molecular formula is C19H21ClFN3O4S. The molecule has 0 aliphatic carbocycles. The third-order valence-electron chi connectivity index (χ3n) is 4.70. The summed E-state index contributed by atoms with van der Waals surface area (Å²) in [7, 11) is -3.03. The minimum atomic E-state index is -3.03. The van der Waals surface area contributed by atoms with Gasteiger partial charge in [0.1, 0.15) is 5.82 Å². The normalized spacial score (nSPS) is 20.0. The van der Waals surface area contributed by atoms with Crippen LogP contribution in [0.4, 0.5) is 10.1 Å². The summed E-state index contributed by atoms with van der Waals surface area (Å²) in [6.07, 6.45) is 1.28. The molecule has 1 unspecified atom stereocenters. The molecule has 4 N–H and O–H groups in total. The van der Waals surface area contributed by atoms with E-state index >= 15 is 0 Å². The van der Waals surface area contributed by atoms with Gasteiger partial charge in [-0.1, -0.05) is 17.7 Å². The first-order chi connectivity index (χ1) is 13.5. The van der Waals surface area contributed by atoms with E-state index in [1.807, 2.05) is 0 Å². The van der Waals surface area contributed by atoms with E-state index in [4.69, 9.17) is 16.7 Å². The number of carbonyl (C=O) groups is 2. The molecule has 156 valence electrons. The van der Waals surface area contributed by atoms with E-state index in [0.717, 1.165) is 6.07 Å². The van der Waals surface area contributed by atoms with E-state index in [0.29, 0.717) is 16.1 Å². The Labute approximate surface area is 173 Å². The van der Waals surface area contributed by atoms with Crippen LogP contribution in [0.25, 0.3) is 0 Å². The van der Waals surface area contributed by atoms with Crippen LogP contribution in [0.1, 0.15) is 12.0 Å². The van der Waals surface area contributed by atoms with Crippen molar-refractivity contribution in [1.82, 2.24) is 5.32 Å². The predicted octanol–water partition coefficient (Wildman–Crippen LogP) is 1.14. The molecular weight excluding hydrogens is 421 g/mol. The average molecular weight is 442 g/mol. The molecule has 0 radical (unpaired) electrons. The molecule has 3 rings (SSSR count). The van der Waals surface area contributed by atoms with Gasteiger partial charge in [0.2, 0.25) is 5.60 Å². The van der Waals surface area contributed by atoms with Crippen LogP contribution in [0.15, 0.2) is 47.4 Å². The second-order valence-corrected chi connectivity index (χ2v) is 9.97. The van der Waals surface area contributed by atoms with E-state index in [2.05, 4.69) is 5.32 Å². The van der Waals surface area contributed by atoms with Gasteiger partial charge in [-0.25, -0.2) is 4.39 Å². The van der Waals surface area contributed by atoms with Gasteiger partial charge in [-0.15, -0.1) is 0 Å². The fourth-order valence-corrected chi connectivity index (χ4v) is 4.16. The van der Waals surface area contributed by atoms with E-state index in [-0.39, 0.29) is 24.5 Å². The molecule has 7 nitrogen and oxygen atoms in total. The predicted molar refractivity (Wildman–Crippen MR) is 110 cm³/mol. The van der Waals surface area contributed by atoms with Gasteiger partial charge in [-0.3, -0.25) is 18.9 Å². The van der Waals surface area contributed by atoms with E-state index < -0.39 is 33.4 Å². The lowest BCUT2D eigenvalue weighted by atomic mass is 10.0. The Morgan fingerprint density at radius 3 is 2.76 bits per heavy atom. The molecule has 1 atom stereocenters. The molecule has 2 aromatic rings. The van der Waals surface area contributed by atoms with Crippen LogP contribution < -0.4 is 15.4 Å². The summed E-state index contributed by atoms with van der Waals surface area (Å²) in [6.45, 7) is -0.00976. The van der Waals surface area contributed by atoms with Crippen molar-refractivity contribution >= 4 is 39.2 Å². The fourth-order valence-electron chi connectivity index (χ4n) is 3.14. The largest absolute Gasteiger partial charge is 0.372 e. The third-order valence-corrected chi connectivity index (χ3v) is 6.22. The Kier molecular flexibility index (Phi) is 5.77. The molecule has 1 saturated heterocycles. The standard InChI is InChI=1S/C19H21ClFN3O4S/c1-29(22,28)16-4-2-3-15(10-16)24-6-5-19(27,18(24)26)17(25)23-11-12-7-13(20)9-14(21)8-12/h2-4,7-10,27,29H,5-6,11H2,1H3,(H2,22,28)(H,23,25). The minimum Gasteiger partial charge on any atom is -0.372 e. The number of aliphatic hydroxyl groups is 1. The highest BCUT2D eigenvalue weighted by atomic mass is 35.5. The Balaban J connectivity index is 1.75. The zero-order chi connectivity index (χ0) is 21.4. The molecule has 0 aromatic heterocycles. The van der Waals surface area contributed by atoms with Gasteiger partial charge >= 0.3 is 0 Å². The van der Waals surface area contributed by atoms with Gasteiger partial charge in [0.05, 0.1) is 0 Å². The number of benzene rings is 2. The quantitative estimate of drug-likeness (QED) is 0.411. The second kappa shape index (κ2) is 7.83. The molecule has 2 amide bonds. The summed E-state index contributed by atoms with van der Waals surface area (Å²) < 4.78 is 25.5. The maximum atomic E-state index is 13.4. The molecule has 0 saturated carbocycles. The number of nitrogens with one attached hydrogen (secondary N) is 1. The number of halogens is 2. The van der Waals surface area contributed by atoms with Crippen LogP contribution in [-0.4, -0.2) is 39.5 Å². The molecule has 29 heavy (non-hydrogen) atoms. The SMILES string of the molecule is C[SH](N)(=O)c1cccc(N2CCC(O)(C(=O)NCc3cc(F)cc(Cl)c3)C2=O)c1. The lowest BCUT2D eigenvalue weighted by Crippen LogP contribution is -2.52. The number of nitrogens with two attached hydrogens (primary N) is 1. The number of carbonyl (C=O) groups excluding carboxylic acids is 2. The first kappa shape index (κ1) is 21.4. The average Bonchev–Trinajstić information content (AvgIpc) is 2.94. The summed E-state index contributed by atoms with van der Waals surface area (Å²) in [5.41, 5.74) is -1.48. The molecule has 1 aliphatic rings. The zero-order valence-corrected chi connectivity index (χ0v) is 17.2. The number of amides is 2. The molecule has 10 heteroatoms. The smallest absolute Gasteiger partial charge is 0.268 e. The number of hydrogen-bond donors (Lipinski definition) is 4. The lowest BCUT2D eigenvalue weighted by molar-refractivity contribution is -0.149. The monoisotopic (exact) mass is 441 g/mol. The zero-order valence-electron chi connectivity index (χ0n) is 15.6. The van der Waals surface area contributed by atoms with Crippen LogP contribution in [-0.2, 0) is 26.3 Å². The number of anilines is 1. The molecule has 1 fully saturated rings. The van der Waals surface area contributed by atoms with Crippen LogP contribution >= 0.6 is 11.6 Å². The summed E-state index contributed by atoms with van der Waals surface area (Å²) in [4.78, 5) is 26.9. The van der Waals surface area contributed by atoms with Crippen LogP contribution in [0.3, 0.4) is 0 Å². The van der Waals surface area contributed by atoms with Crippen LogP contribution in [0.2, 0.25) is 5.02 Å². The Bertz CT molecular complexity index is 1010. The number of thiol groups is 1. The van der Waals surface area contributed by atoms with Crippen molar-refractivity contribution in [2.45, 2.75) is 23.5 Å². The van der Waals surface area contributed by atoms with Gasteiger partial charge < -0.3 is 15.3 Å². The number of hydrogen-bond acceptors (Lipinski definition) is 4. The van der Waals surface area contributed by atoms with Crippen LogP contribution in [0, 0.1) is 5.82 Å². The summed E-state index contributed by atoms with van der Waals surface area (Å²) in [5.74, 6) is -2.24. The maximum Gasteiger partial charge on any atom is 0.268 e. The first-order valence-corrected chi connectivity index (χ1v) is 11.4. The van der Waals surface area contributed by atoms with Crippen molar-refractivity contribution < 1.29 is 23.3 Å². The van der Waals surface area contributed by atoms with Crippen molar-refractivity contribution in [2.24, 2.45) is 5.14 Å². The second-order valence-electron chi connectivity index (χ2n) is 7.04. The van der Waals surface area contributed by atoms with Crippen molar-refractivity contribution in [2.75, 3.05) is 17.7 Å². The summed E-state index contributed by atoms with van der Waals surface area (Å²) in [5, 5.41) is 19.0. The topological polar surface area (TPSA) is 113 Å². The first-order valence-electron chi connectivity index (χ1n) is 8.75. The van der Waals surface area contributed by atoms with Crippen molar-refractivity contribution in [3.63, 3.8) is 0 Å². The third kappa shape index (κ3) is 4.48. The highest BCUT2D eigenvalue weighted by Crippen LogP contribution is 2.30. The van der Waals surface area contributed by atoms with E-state index in [9.17, 15) is 23.3 Å². The summed E-state index contributed by atoms with van der Waals surface area (Å²) >= 11 is 5.78. The van der Waals surface area contributed by atoms with Crippen LogP contribution in [0.5, 0.6) is 0 Å². The maximum absolute atomic E-state index is 13.4. The van der Waals surface area contributed by atoms with Gasteiger partial charge in [-0.2, -0.15) is 0 Å². The number of nitrogens with zero attached hydrogens (tertiary/aromatic N) is 1. The minimum absolute atomic E-state index is 0.0938. The van der Waals surface area contributed by atoms with Crippen molar-refractivity contribution in [3.8, 4) is 0 Å². The lowest BCUT2D eigenvalue weighted by Gasteiger charge is -2.23. The number of rotatable bonds is 5.